The SMILES string of the molecule is CCN(CC)Cc1c(OC)ccc2c(=O)c(C)c(-c3ccccc3)oc12. The largest absolute Gasteiger partial charge is 0.496 e. The fraction of sp³-hybridized carbons (Fsp3) is 0.318. The highest BCUT2D eigenvalue weighted by Gasteiger charge is 2.19. The van der Waals surface area contributed by atoms with Crippen molar-refractivity contribution in [2.45, 2.75) is 27.3 Å². The minimum absolute atomic E-state index is 0.00792. The molecule has 4 nitrogen and oxygen atoms in total. The van der Waals surface area contributed by atoms with E-state index in [2.05, 4.69) is 18.7 Å². The van der Waals surface area contributed by atoms with Gasteiger partial charge in [-0.05, 0) is 32.1 Å². The second-order valence-electron chi connectivity index (χ2n) is 6.34. The Bertz CT molecular complexity index is 957. The van der Waals surface area contributed by atoms with E-state index in [4.69, 9.17) is 9.15 Å². The van der Waals surface area contributed by atoms with Crippen LogP contribution in [0.1, 0.15) is 25.0 Å². The van der Waals surface area contributed by atoms with E-state index in [-0.39, 0.29) is 5.43 Å². The van der Waals surface area contributed by atoms with Crippen LogP contribution in [-0.2, 0) is 6.54 Å². The lowest BCUT2D eigenvalue weighted by Gasteiger charge is -2.21. The summed E-state index contributed by atoms with van der Waals surface area (Å²) in [5, 5.41) is 0.602. The summed E-state index contributed by atoms with van der Waals surface area (Å²) >= 11 is 0. The lowest BCUT2D eigenvalue weighted by molar-refractivity contribution is 0.289. The minimum Gasteiger partial charge on any atom is -0.496 e. The molecule has 0 aliphatic carbocycles. The minimum atomic E-state index is 0.00792. The fourth-order valence-corrected chi connectivity index (χ4v) is 3.27. The summed E-state index contributed by atoms with van der Waals surface area (Å²) < 4.78 is 11.9. The zero-order chi connectivity index (χ0) is 18.7. The Hall–Kier alpha value is -2.59. The molecule has 0 N–H and O–H groups in total. The van der Waals surface area contributed by atoms with Crippen LogP contribution in [0.3, 0.4) is 0 Å². The highest BCUT2D eigenvalue weighted by atomic mass is 16.5. The maximum Gasteiger partial charge on any atom is 0.196 e. The van der Waals surface area contributed by atoms with Crippen LogP contribution in [0.4, 0.5) is 0 Å². The van der Waals surface area contributed by atoms with Gasteiger partial charge in [0.25, 0.3) is 0 Å². The molecule has 0 saturated carbocycles. The van der Waals surface area contributed by atoms with E-state index >= 15 is 0 Å². The maximum atomic E-state index is 13.0. The van der Waals surface area contributed by atoms with E-state index in [0.717, 1.165) is 30.0 Å². The Labute approximate surface area is 154 Å². The van der Waals surface area contributed by atoms with Crippen molar-refractivity contribution < 1.29 is 9.15 Å². The van der Waals surface area contributed by atoms with Crippen LogP contribution in [0.15, 0.2) is 51.7 Å². The van der Waals surface area contributed by atoms with Crippen LogP contribution >= 0.6 is 0 Å². The van der Waals surface area contributed by atoms with Gasteiger partial charge in [0.15, 0.2) is 5.43 Å². The van der Waals surface area contributed by atoms with Crippen molar-refractivity contribution >= 4 is 11.0 Å². The van der Waals surface area contributed by atoms with Gasteiger partial charge in [0.1, 0.15) is 17.1 Å². The second-order valence-corrected chi connectivity index (χ2v) is 6.34. The van der Waals surface area contributed by atoms with Crippen molar-refractivity contribution in [3.63, 3.8) is 0 Å². The maximum absolute atomic E-state index is 13.0. The summed E-state index contributed by atoms with van der Waals surface area (Å²) in [4.78, 5) is 15.3. The van der Waals surface area contributed by atoms with Crippen molar-refractivity contribution in [3.05, 3.63) is 63.8 Å². The van der Waals surface area contributed by atoms with Gasteiger partial charge in [-0.25, -0.2) is 0 Å². The molecule has 1 aromatic heterocycles. The van der Waals surface area contributed by atoms with Gasteiger partial charge in [-0.3, -0.25) is 9.69 Å². The Morgan fingerprint density at radius 1 is 1.04 bits per heavy atom. The topological polar surface area (TPSA) is 42.7 Å². The van der Waals surface area contributed by atoms with Crippen molar-refractivity contribution in [1.82, 2.24) is 4.90 Å². The molecule has 0 atom stereocenters. The number of benzene rings is 2. The van der Waals surface area contributed by atoms with Crippen LogP contribution < -0.4 is 10.2 Å². The molecule has 3 aromatic rings. The molecule has 0 radical (unpaired) electrons. The lowest BCUT2D eigenvalue weighted by atomic mass is 10.0. The van der Waals surface area contributed by atoms with Crippen LogP contribution in [0, 0.1) is 6.92 Å². The van der Waals surface area contributed by atoms with E-state index in [9.17, 15) is 4.79 Å². The van der Waals surface area contributed by atoms with Crippen molar-refractivity contribution in [3.8, 4) is 17.1 Å². The molecule has 0 aliphatic heterocycles. The van der Waals surface area contributed by atoms with E-state index < -0.39 is 0 Å². The number of methoxy groups -OCH3 is 1. The van der Waals surface area contributed by atoms with Crippen LogP contribution in [0.25, 0.3) is 22.3 Å². The van der Waals surface area contributed by atoms with Crippen LogP contribution in [0.5, 0.6) is 5.75 Å². The first-order valence-corrected chi connectivity index (χ1v) is 9.01. The Balaban J connectivity index is 2.31. The Morgan fingerprint density at radius 2 is 1.73 bits per heavy atom. The van der Waals surface area contributed by atoms with Crippen LogP contribution in [-0.4, -0.2) is 25.1 Å². The third-order valence-corrected chi connectivity index (χ3v) is 4.88. The average molecular weight is 351 g/mol. The Morgan fingerprint density at radius 3 is 2.35 bits per heavy atom. The first-order chi connectivity index (χ1) is 12.6. The molecule has 26 heavy (non-hydrogen) atoms. The molecule has 0 saturated heterocycles. The monoisotopic (exact) mass is 351 g/mol. The third-order valence-electron chi connectivity index (χ3n) is 4.88. The molecule has 0 aliphatic rings. The summed E-state index contributed by atoms with van der Waals surface area (Å²) in [6, 6.07) is 13.4. The smallest absolute Gasteiger partial charge is 0.196 e. The molecular weight excluding hydrogens is 326 g/mol. The third kappa shape index (κ3) is 3.25. The molecule has 0 unspecified atom stereocenters. The summed E-state index contributed by atoms with van der Waals surface area (Å²) in [5.74, 6) is 1.37. The molecule has 3 rings (SSSR count). The first kappa shape index (κ1) is 18.2. The number of rotatable bonds is 6. The van der Waals surface area contributed by atoms with Crippen molar-refractivity contribution in [2.75, 3.05) is 20.2 Å². The number of nitrogens with zero attached hydrogens (tertiary/aromatic N) is 1. The van der Waals surface area contributed by atoms with Gasteiger partial charge >= 0.3 is 0 Å². The summed E-state index contributed by atoms with van der Waals surface area (Å²) in [5.41, 5.74) is 3.07. The molecule has 0 spiro atoms. The highest BCUT2D eigenvalue weighted by Crippen LogP contribution is 2.32. The zero-order valence-corrected chi connectivity index (χ0v) is 15.8. The number of ether oxygens (including phenoxy) is 1. The first-order valence-electron chi connectivity index (χ1n) is 9.01. The second kappa shape index (κ2) is 7.75. The molecule has 2 aromatic carbocycles. The molecular formula is C22H25NO3. The predicted molar refractivity (Wildman–Crippen MR) is 106 cm³/mol. The molecule has 1 heterocycles. The fourth-order valence-electron chi connectivity index (χ4n) is 3.27. The van der Waals surface area contributed by atoms with Crippen molar-refractivity contribution in [2.24, 2.45) is 0 Å². The number of hydrogen-bond acceptors (Lipinski definition) is 4. The average Bonchev–Trinajstić information content (AvgIpc) is 2.69. The van der Waals surface area contributed by atoms with E-state index in [1.165, 1.54) is 0 Å². The van der Waals surface area contributed by atoms with Gasteiger partial charge in [-0.1, -0.05) is 44.2 Å². The highest BCUT2D eigenvalue weighted by molar-refractivity contribution is 5.85. The van der Waals surface area contributed by atoms with Crippen molar-refractivity contribution in [1.29, 1.82) is 0 Å². The Kier molecular flexibility index (Phi) is 5.43. The summed E-state index contributed by atoms with van der Waals surface area (Å²) in [6.07, 6.45) is 0. The van der Waals surface area contributed by atoms with Gasteiger partial charge in [0, 0.05) is 17.7 Å². The molecule has 4 heteroatoms. The normalized spacial score (nSPS) is 11.3. The number of fused-ring (bicyclic) bond motifs is 1. The molecule has 0 amide bonds. The quantitative estimate of drug-likeness (QED) is 0.650. The lowest BCUT2D eigenvalue weighted by Crippen LogP contribution is -2.23. The molecule has 136 valence electrons. The summed E-state index contributed by atoms with van der Waals surface area (Å²) in [6.45, 7) is 8.57. The van der Waals surface area contributed by atoms with Gasteiger partial charge in [0.2, 0.25) is 0 Å². The van der Waals surface area contributed by atoms with Crippen LogP contribution in [0.2, 0.25) is 0 Å². The zero-order valence-electron chi connectivity index (χ0n) is 15.8. The standard InChI is InChI=1S/C22H25NO3/c1-5-23(6-2)14-18-19(25-4)13-12-17-20(24)15(3)21(26-22(17)18)16-10-8-7-9-11-16/h7-13H,5-6,14H2,1-4H3. The molecule has 0 fully saturated rings. The van der Waals surface area contributed by atoms with Gasteiger partial charge in [-0.2, -0.15) is 0 Å². The molecule has 0 bridgehead atoms. The van der Waals surface area contributed by atoms with Gasteiger partial charge in [0.05, 0.1) is 18.1 Å². The van der Waals surface area contributed by atoms with E-state index in [0.29, 0.717) is 28.8 Å². The van der Waals surface area contributed by atoms with Gasteiger partial charge in [-0.15, -0.1) is 0 Å². The predicted octanol–water partition coefficient (Wildman–Crippen LogP) is 4.62. The van der Waals surface area contributed by atoms with E-state index in [1.54, 1.807) is 13.2 Å². The van der Waals surface area contributed by atoms with Gasteiger partial charge < -0.3 is 9.15 Å². The number of hydrogen-bond donors (Lipinski definition) is 0. The van der Waals surface area contributed by atoms with E-state index in [1.807, 2.05) is 43.3 Å². The summed E-state index contributed by atoms with van der Waals surface area (Å²) in [7, 11) is 1.65.